The van der Waals surface area contributed by atoms with Crippen molar-refractivity contribution in [2.75, 3.05) is 18.0 Å². The minimum atomic E-state index is -1.66. The molecule has 1 atom stereocenters. The van der Waals surface area contributed by atoms with Crippen LogP contribution in [0.3, 0.4) is 0 Å². The maximum atomic E-state index is 15.5. The van der Waals surface area contributed by atoms with E-state index >= 15 is 8.78 Å². The summed E-state index contributed by atoms with van der Waals surface area (Å²) >= 11 is 0. The number of benzene rings is 1. The Labute approximate surface area is 152 Å². The number of anilines is 1. The number of aromatic nitrogens is 1. The zero-order valence-electron chi connectivity index (χ0n) is 14.7. The zero-order valence-corrected chi connectivity index (χ0v) is 14.7. The summed E-state index contributed by atoms with van der Waals surface area (Å²) in [7, 11) is 0. The van der Waals surface area contributed by atoms with E-state index in [0.29, 0.717) is 19.5 Å². The molecule has 1 aliphatic carbocycles. The van der Waals surface area contributed by atoms with Crippen LogP contribution in [-0.4, -0.2) is 35.0 Å². The molecule has 2 aromatic rings. The molecule has 27 heavy (non-hydrogen) atoms. The van der Waals surface area contributed by atoms with Crippen molar-refractivity contribution in [3.8, 4) is 5.75 Å². The number of hydrogen-bond donors (Lipinski definition) is 2. The van der Waals surface area contributed by atoms with Gasteiger partial charge < -0.3 is 25.0 Å². The van der Waals surface area contributed by atoms with E-state index in [9.17, 15) is 9.59 Å². The molecule has 3 N–H and O–H groups in total. The highest BCUT2D eigenvalue weighted by Crippen LogP contribution is 2.41. The summed E-state index contributed by atoms with van der Waals surface area (Å²) in [5.74, 6) is -2.12. The molecule has 4 rings (SSSR count). The topological polar surface area (TPSA) is 97.8 Å². The van der Waals surface area contributed by atoms with E-state index in [1.807, 2.05) is 0 Å². The van der Waals surface area contributed by atoms with Crippen molar-refractivity contribution in [2.24, 2.45) is 5.73 Å². The van der Waals surface area contributed by atoms with Gasteiger partial charge in [0.05, 0.1) is 17.1 Å². The second-order valence-corrected chi connectivity index (χ2v) is 7.15. The molecule has 1 unspecified atom stereocenters. The lowest BCUT2D eigenvalue weighted by Crippen LogP contribution is -2.28. The first-order valence-electron chi connectivity index (χ1n) is 8.77. The Morgan fingerprint density at radius 2 is 2.00 bits per heavy atom. The number of fused-ring (bicyclic) bond motifs is 1. The number of carboxylic acid groups (broad SMARTS) is 1. The van der Waals surface area contributed by atoms with Gasteiger partial charge in [0, 0.05) is 30.7 Å². The maximum Gasteiger partial charge on any atom is 0.511 e. The first-order chi connectivity index (χ1) is 12.8. The smallest absolute Gasteiger partial charge is 0.449 e. The van der Waals surface area contributed by atoms with Gasteiger partial charge in [0.1, 0.15) is 5.69 Å². The molecule has 2 heterocycles. The van der Waals surface area contributed by atoms with Gasteiger partial charge in [-0.2, -0.15) is 0 Å². The fraction of sp³-hybridized carbons (Fsp3) is 0.444. The molecule has 7 nitrogen and oxygen atoms in total. The van der Waals surface area contributed by atoms with E-state index in [-0.39, 0.29) is 34.2 Å². The number of carbonyl (C=O) groups is 1. The van der Waals surface area contributed by atoms with E-state index in [1.165, 1.54) is 17.7 Å². The summed E-state index contributed by atoms with van der Waals surface area (Å²) < 4.78 is 36.6. The number of hydrogen-bond acceptors (Lipinski definition) is 5. The molecule has 0 bridgehead atoms. The molecule has 1 aliphatic heterocycles. The van der Waals surface area contributed by atoms with Gasteiger partial charge in [-0.15, -0.1) is 0 Å². The monoisotopic (exact) mass is 379 g/mol. The molecular weight excluding hydrogens is 360 g/mol. The number of nitrogens with zero attached hydrogens (tertiary/aromatic N) is 2. The Hall–Kier alpha value is -2.68. The third kappa shape index (κ3) is 2.82. The summed E-state index contributed by atoms with van der Waals surface area (Å²) in [6, 6.07) is -0.255. The summed E-state index contributed by atoms with van der Waals surface area (Å²) in [6.45, 7) is 2.14. The van der Waals surface area contributed by atoms with Crippen LogP contribution in [0, 0.1) is 18.6 Å². The lowest BCUT2D eigenvalue weighted by atomic mass is 10.0. The van der Waals surface area contributed by atoms with Gasteiger partial charge in [-0.3, -0.25) is 4.79 Å². The molecule has 1 aromatic carbocycles. The van der Waals surface area contributed by atoms with Gasteiger partial charge in [-0.1, -0.05) is 0 Å². The summed E-state index contributed by atoms with van der Waals surface area (Å²) in [5.41, 5.74) is 4.80. The van der Waals surface area contributed by atoms with Gasteiger partial charge >= 0.3 is 6.16 Å². The van der Waals surface area contributed by atoms with Crippen LogP contribution in [0.1, 0.15) is 30.9 Å². The van der Waals surface area contributed by atoms with Crippen LogP contribution in [0.5, 0.6) is 5.75 Å². The van der Waals surface area contributed by atoms with E-state index in [4.69, 9.17) is 10.8 Å². The zero-order chi connectivity index (χ0) is 19.5. The van der Waals surface area contributed by atoms with E-state index < -0.39 is 29.0 Å². The van der Waals surface area contributed by atoms with Crippen LogP contribution in [0.4, 0.5) is 19.3 Å². The van der Waals surface area contributed by atoms with Crippen molar-refractivity contribution in [2.45, 2.75) is 38.3 Å². The molecule has 0 amide bonds. The molecule has 1 saturated heterocycles. The summed E-state index contributed by atoms with van der Waals surface area (Å²) in [5, 5.41) is 8.67. The highest BCUT2D eigenvalue weighted by molar-refractivity contribution is 5.89. The summed E-state index contributed by atoms with van der Waals surface area (Å²) in [4.78, 5) is 25.2. The van der Waals surface area contributed by atoms with Crippen molar-refractivity contribution >= 4 is 22.7 Å². The van der Waals surface area contributed by atoms with E-state index in [0.717, 1.165) is 12.8 Å². The van der Waals surface area contributed by atoms with Gasteiger partial charge in [0.25, 0.3) is 0 Å². The van der Waals surface area contributed by atoms with Crippen LogP contribution in [0.25, 0.3) is 10.9 Å². The average Bonchev–Trinajstić information content (AvgIpc) is 3.36. The fourth-order valence-electron chi connectivity index (χ4n) is 3.75. The molecule has 144 valence electrons. The fourth-order valence-corrected chi connectivity index (χ4v) is 3.75. The number of halogens is 2. The van der Waals surface area contributed by atoms with Crippen LogP contribution in [0.2, 0.25) is 0 Å². The predicted octanol–water partition coefficient (Wildman–Crippen LogP) is 2.52. The second-order valence-electron chi connectivity index (χ2n) is 7.15. The lowest BCUT2D eigenvalue weighted by Gasteiger charge is -2.23. The van der Waals surface area contributed by atoms with Crippen molar-refractivity contribution in [1.82, 2.24) is 4.57 Å². The summed E-state index contributed by atoms with van der Waals surface area (Å²) in [6.07, 6.45) is 1.68. The first-order valence-corrected chi connectivity index (χ1v) is 8.77. The highest BCUT2D eigenvalue weighted by Gasteiger charge is 2.33. The third-order valence-corrected chi connectivity index (χ3v) is 5.21. The average molecular weight is 379 g/mol. The van der Waals surface area contributed by atoms with Crippen molar-refractivity contribution in [3.63, 3.8) is 0 Å². The Morgan fingerprint density at radius 1 is 1.30 bits per heavy atom. The van der Waals surface area contributed by atoms with Crippen LogP contribution in [-0.2, 0) is 0 Å². The second kappa shape index (κ2) is 6.19. The van der Waals surface area contributed by atoms with Crippen LogP contribution >= 0.6 is 0 Å². The Morgan fingerprint density at radius 3 is 2.56 bits per heavy atom. The molecule has 9 heteroatoms. The largest absolute Gasteiger partial charge is 0.511 e. The van der Waals surface area contributed by atoms with E-state index in [2.05, 4.69) is 4.74 Å². The molecule has 0 radical (unpaired) electrons. The number of ether oxygens (including phenoxy) is 1. The lowest BCUT2D eigenvalue weighted by molar-refractivity contribution is 0.143. The Bertz CT molecular complexity index is 1020. The normalized spacial score (nSPS) is 19.7. The van der Waals surface area contributed by atoms with Crippen LogP contribution in [0.15, 0.2) is 11.0 Å². The first kappa shape index (κ1) is 17.7. The number of pyridine rings is 1. The highest BCUT2D eigenvalue weighted by atomic mass is 19.1. The third-order valence-electron chi connectivity index (χ3n) is 5.21. The van der Waals surface area contributed by atoms with Gasteiger partial charge in [-0.25, -0.2) is 13.6 Å². The van der Waals surface area contributed by atoms with Crippen molar-refractivity contribution < 1.29 is 23.4 Å². The quantitative estimate of drug-likeness (QED) is 0.796. The van der Waals surface area contributed by atoms with Crippen molar-refractivity contribution in [1.29, 1.82) is 0 Å². The molecule has 1 saturated carbocycles. The molecule has 0 spiro atoms. The van der Waals surface area contributed by atoms with E-state index in [1.54, 1.807) is 4.90 Å². The number of rotatable bonds is 3. The van der Waals surface area contributed by atoms with Gasteiger partial charge in [-0.05, 0) is 26.2 Å². The molecule has 2 aliphatic rings. The Kier molecular flexibility index (Phi) is 4.06. The SMILES string of the molecule is Cc1c(F)c(N2CCC(N)C2)c(F)c2c1c(=O)c(OC(=O)O)cn2C1CC1. The van der Waals surface area contributed by atoms with Crippen LogP contribution < -0.4 is 20.8 Å². The van der Waals surface area contributed by atoms with Gasteiger partial charge in [0.15, 0.2) is 17.4 Å². The molecule has 2 fully saturated rings. The standard InChI is InChI=1S/C18H19F2N3O4/c1-8-12-15(14(20)16(13(8)19)22-5-4-9(21)6-22)23(10-2-3-10)7-11(17(12)24)27-18(25)26/h7,9-10H,2-6,21H2,1H3,(H,25,26). The van der Waals surface area contributed by atoms with Crippen molar-refractivity contribution in [3.05, 3.63) is 33.6 Å². The number of nitrogens with two attached hydrogens (primary N) is 1. The maximum absolute atomic E-state index is 15.5. The predicted molar refractivity (Wildman–Crippen MR) is 94.6 cm³/mol. The van der Waals surface area contributed by atoms with Gasteiger partial charge in [0.2, 0.25) is 5.43 Å². The Balaban J connectivity index is 2.04. The molecular formula is C18H19F2N3O4. The minimum Gasteiger partial charge on any atom is -0.449 e. The number of aryl methyl sites for hydroxylation is 1. The minimum absolute atomic E-state index is 0.0189. The molecule has 1 aromatic heterocycles.